The lowest BCUT2D eigenvalue weighted by Gasteiger charge is -2.26. The number of esters is 1. The van der Waals surface area contributed by atoms with Crippen LogP contribution in [0.1, 0.15) is 35.2 Å². The fraction of sp³-hybridized carbons (Fsp3) is 0.161. The first-order valence-electron chi connectivity index (χ1n) is 13.0. The monoisotopic (exact) mass is 701 g/mol. The molecular weight excluding hydrogens is 683 g/mol. The Kier molecular flexibility index (Phi) is 9.10. The average molecular weight is 703 g/mol. The number of hydrogen-bond donors (Lipinski definition) is 0. The Morgan fingerprint density at radius 2 is 1.86 bits per heavy atom. The topological polar surface area (TPSA) is 93.7 Å². The number of carbonyl (C=O) groups excluding carboxylic acids is 1. The summed E-state index contributed by atoms with van der Waals surface area (Å²) in [6.45, 7) is 1.55. The second-order valence-corrected chi connectivity index (χ2v) is 11.7. The number of allylic oxidation sites excluding steroid dienone is 1. The average Bonchev–Trinajstić information content (AvgIpc) is 3.30. The predicted molar refractivity (Wildman–Crippen MR) is 162 cm³/mol. The van der Waals surface area contributed by atoms with E-state index in [1.54, 1.807) is 42.5 Å². The number of halogens is 5. The molecule has 0 saturated heterocycles. The Labute approximate surface area is 265 Å². The lowest BCUT2D eigenvalue weighted by atomic mass is 9.95. The molecule has 5 rings (SSSR count). The van der Waals surface area contributed by atoms with Gasteiger partial charge < -0.3 is 9.47 Å². The summed E-state index contributed by atoms with van der Waals surface area (Å²) in [5.41, 5.74) is -0.645. The molecule has 3 aromatic carbocycles. The minimum absolute atomic E-state index is 0.104. The smallest absolute Gasteiger partial charge is 0.434 e. The van der Waals surface area contributed by atoms with Crippen LogP contribution in [0.4, 0.5) is 13.2 Å². The number of alkyl halides is 3. The standard InChI is InChI=1S/C31H20BrClF3N3O4S/c1-2-42-29(41)25-26(20-8-10-21(33)11-9-20)39-28(40)24(44-30(39)38-27(25)31(34,35)36)14-19-7-12-23(22(32)13-19)43-16-18-5-3-17(15-37)4-6-18/h3-14,26H,2,16H2,1H3/b24-14-/t26-/m0/s1. The summed E-state index contributed by atoms with van der Waals surface area (Å²) in [5.74, 6) is -0.706. The SMILES string of the molecule is CCOC(=O)C1=C(C(F)(F)F)N=c2s/c(=C\c3ccc(OCc4ccc(C#N)cc4)c(Br)c3)c(=O)n2[C@H]1c1ccc(Cl)cc1. The van der Waals surface area contributed by atoms with E-state index in [9.17, 15) is 22.8 Å². The van der Waals surface area contributed by atoms with Gasteiger partial charge in [0.15, 0.2) is 10.5 Å². The van der Waals surface area contributed by atoms with E-state index in [0.29, 0.717) is 26.4 Å². The van der Waals surface area contributed by atoms with Crippen LogP contribution in [-0.2, 0) is 16.1 Å². The Morgan fingerprint density at radius 3 is 2.48 bits per heavy atom. The zero-order valence-corrected chi connectivity index (χ0v) is 25.9. The first kappa shape index (κ1) is 31.3. The van der Waals surface area contributed by atoms with Crippen LogP contribution in [0.3, 0.4) is 0 Å². The van der Waals surface area contributed by atoms with Crippen LogP contribution in [0.15, 0.2) is 92.3 Å². The molecule has 7 nitrogen and oxygen atoms in total. The van der Waals surface area contributed by atoms with Crippen molar-refractivity contribution in [2.75, 3.05) is 6.61 Å². The predicted octanol–water partition coefficient (Wildman–Crippen LogP) is 6.21. The molecule has 44 heavy (non-hydrogen) atoms. The van der Waals surface area contributed by atoms with Crippen LogP contribution in [-0.4, -0.2) is 23.3 Å². The Hall–Kier alpha value is -4.18. The molecule has 0 spiro atoms. The molecule has 1 aromatic heterocycles. The molecule has 0 saturated carbocycles. The number of benzene rings is 3. The molecule has 1 aliphatic heterocycles. The van der Waals surface area contributed by atoms with Gasteiger partial charge in [-0.1, -0.05) is 53.3 Å². The third-order valence-electron chi connectivity index (χ3n) is 6.51. The van der Waals surface area contributed by atoms with E-state index in [0.717, 1.165) is 21.5 Å². The fourth-order valence-electron chi connectivity index (χ4n) is 4.51. The van der Waals surface area contributed by atoms with Gasteiger partial charge >= 0.3 is 12.1 Å². The molecule has 4 aromatic rings. The van der Waals surface area contributed by atoms with Crippen molar-refractivity contribution in [3.05, 3.63) is 129 Å². The number of aromatic nitrogens is 1. The maximum Gasteiger partial charge on any atom is 0.434 e. The molecule has 0 unspecified atom stereocenters. The fourth-order valence-corrected chi connectivity index (χ4v) is 6.15. The Morgan fingerprint density at radius 1 is 1.16 bits per heavy atom. The van der Waals surface area contributed by atoms with Gasteiger partial charge in [-0.15, -0.1) is 0 Å². The first-order chi connectivity index (χ1) is 21.0. The second kappa shape index (κ2) is 12.8. The van der Waals surface area contributed by atoms with Crippen molar-refractivity contribution < 1.29 is 27.4 Å². The number of rotatable bonds is 7. The molecule has 2 heterocycles. The summed E-state index contributed by atoms with van der Waals surface area (Å²) >= 11 is 10.3. The Bertz CT molecular complexity index is 2000. The Balaban J connectivity index is 1.56. The van der Waals surface area contributed by atoms with Crippen molar-refractivity contribution in [2.24, 2.45) is 4.99 Å². The third-order valence-corrected chi connectivity index (χ3v) is 8.37. The number of nitrogens with zero attached hydrogens (tertiary/aromatic N) is 3. The van der Waals surface area contributed by atoms with E-state index >= 15 is 0 Å². The zero-order valence-electron chi connectivity index (χ0n) is 22.7. The number of ether oxygens (including phenoxy) is 2. The van der Waals surface area contributed by atoms with Gasteiger partial charge in [0.25, 0.3) is 5.56 Å². The van der Waals surface area contributed by atoms with Gasteiger partial charge in [0.05, 0.1) is 38.9 Å². The van der Waals surface area contributed by atoms with Crippen molar-refractivity contribution in [2.45, 2.75) is 25.7 Å². The molecule has 0 amide bonds. The van der Waals surface area contributed by atoms with Gasteiger partial charge in [0.1, 0.15) is 12.4 Å². The highest BCUT2D eigenvalue weighted by atomic mass is 79.9. The van der Waals surface area contributed by atoms with E-state index in [4.69, 9.17) is 26.3 Å². The van der Waals surface area contributed by atoms with Crippen LogP contribution in [0.5, 0.6) is 5.75 Å². The highest BCUT2D eigenvalue weighted by Crippen LogP contribution is 2.38. The number of carbonyl (C=O) groups is 1. The molecule has 224 valence electrons. The van der Waals surface area contributed by atoms with Gasteiger partial charge in [0.2, 0.25) is 0 Å². The molecule has 0 bridgehead atoms. The molecule has 0 N–H and O–H groups in total. The summed E-state index contributed by atoms with van der Waals surface area (Å²) < 4.78 is 55.5. The highest BCUT2D eigenvalue weighted by molar-refractivity contribution is 9.10. The van der Waals surface area contributed by atoms with Crippen LogP contribution in [0.2, 0.25) is 5.02 Å². The first-order valence-corrected chi connectivity index (χ1v) is 15.0. The van der Waals surface area contributed by atoms with Crippen LogP contribution in [0, 0.1) is 11.3 Å². The summed E-state index contributed by atoms with van der Waals surface area (Å²) in [4.78, 5) is 30.2. The highest BCUT2D eigenvalue weighted by Gasteiger charge is 2.45. The van der Waals surface area contributed by atoms with Gasteiger partial charge in [-0.25, -0.2) is 9.79 Å². The van der Waals surface area contributed by atoms with Crippen molar-refractivity contribution in [1.82, 2.24) is 4.57 Å². The minimum Gasteiger partial charge on any atom is -0.488 e. The number of hydrogen-bond acceptors (Lipinski definition) is 7. The third kappa shape index (κ3) is 6.50. The van der Waals surface area contributed by atoms with Crippen molar-refractivity contribution in [3.8, 4) is 11.8 Å². The maximum atomic E-state index is 14.3. The number of thiazole rings is 1. The quantitative estimate of drug-likeness (QED) is 0.214. The van der Waals surface area contributed by atoms with Gasteiger partial charge in [-0.05, 0) is 82.0 Å². The van der Waals surface area contributed by atoms with Crippen molar-refractivity contribution in [3.63, 3.8) is 0 Å². The van der Waals surface area contributed by atoms with Crippen LogP contribution < -0.4 is 19.6 Å². The molecule has 1 atom stereocenters. The maximum absolute atomic E-state index is 14.3. The van der Waals surface area contributed by atoms with Gasteiger partial charge in [-0.2, -0.15) is 18.4 Å². The number of nitriles is 1. The van der Waals surface area contributed by atoms with E-state index in [2.05, 4.69) is 27.0 Å². The summed E-state index contributed by atoms with van der Waals surface area (Å²) in [5, 5.41) is 9.28. The van der Waals surface area contributed by atoms with E-state index in [1.165, 1.54) is 37.3 Å². The van der Waals surface area contributed by atoms with E-state index < -0.39 is 35.0 Å². The summed E-state index contributed by atoms with van der Waals surface area (Å²) in [6.07, 6.45) is -3.47. The lowest BCUT2D eigenvalue weighted by Crippen LogP contribution is -2.41. The van der Waals surface area contributed by atoms with Crippen molar-refractivity contribution >= 4 is 50.9 Å². The zero-order chi connectivity index (χ0) is 31.6. The summed E-state index contributed by atoms with van der Waals surface area (Å²) in [7, 11) is 0. The molecule has 13 heteroatoms. The lowest BCUT2D eigenvalue weighted by molar-refractivity contribution is -0.140. The second-order valence-electron chi connectivity index (χ2n) is 9.40. The normalized spacial score (nSPS) is 14.9. The van der Waals surface area contributed by atoms with Crippen molar-refractivity contribution in [1.29, 1.82) is 5.26 Å². The largest absolute Gasteiger partial charge is 0.488 e. The molecule has 0 fully saturated rings. The van der Waals surface area contributed by atoms with Gasteiger partial charge in [0, 0.05) is 5.02 Å². The van der Waals surface area contributed by atoms with E-state index in [1.807, 2.05) is 0 Å². The number of fused-ring (bicyclic) bond motifs is 1. The minimum atomic E-state index is -5.00. The summed E-state index contributed by atoms with van der Waals surface area (Å²) in [6, 6.07) is 18.5. The van der Waals surface area contributed by atoms with E-state index in [-0.39, 0.29) is 28.1 Å². The molecular formula is C31H20BrClF3N3O4S. The van der Waals surface area contributed by atoms with Crippen LogP contribution in [0.25, 0.3) is 6.08 Å². The molecule has 0 aliphatic carbocycles. The van der Waals surface area contributed by atoms with Gasteiger partial charge in [-0.3, -0.25) is 9.36 Å². The molecule has 0 radical (unpaired) electrons. The molecule has 1 aliphatic rings. The van der Waals surface area contributed by atoms with Crippen LogP contribution >= 0.6 is 38.9 Å².